The number of thiol groups is 1. The molecule has 1 aliphatic carbocycles. The third-order valence-corrected chi connectivity index (χ3v) is 3.63. The average Bonchev–Trinajstić information content (AvgIpc) is 3.14. The molecule has 0 aliphatic heterocycles. The Morgan fingerprint density at radius 1 is 1.31 bits per heavy atom. The Labute approximate surface area is 103 Å². The molecule has 0 nitrogen and oxygen atoms in total. The predicted octanol–water partition coefficient (Wildman–Crippen LogP) is 4.36. The van der Waals surface area contributed by atoms with E-state index in [1.165, 1.54) is 29.6 Å². The molecule has 0 bridgehead atoms. The van der Waals surface area contributed by atoms with Gasteiger partial charge in [-0.2, -0.15) is 12.6 Å². The first-order chi connectivity index (χ1) is 7.74. The normalized spacial score (nSPS) is 16.9. The fourth-order valence-corrected chi connectivity index (χ4v) is 2.47. The van der Waals surface area contributed by atoms with Crippen LogP contribution in [0.3, 0.4) is 0 Å². The Morgan fingerprint density at radius 2 is 1.94 bits per heavy atom. The fourth-order valence-electron chi connectivity index (χ4n) is 2.03. The van der Waals surface area contributed by atoms with Crippen LogP contribution in [0.4, 0.5) is 0 Å². The summed E-state index contributed by atoms with van der Waals surface area (Å²) in [5.41, 5.74) is 5.17. The van der Waals surface area contributed by atoms with Gasteiger partial charge in [0.2, 0.25) is 0 Å². The third kappa shape index (κ3) is 2.41. The quantitative estimate of drug-likeness (QED) is 0.577. The Morgan fingerprint density at radius 3 is 2.44 bits per heavy atom. The van der Waals surface area contributed by atoms with E-state index in [1.54, 1.807) is 0 Å². The second kappa shape index (κ2) is 4.92. The zero-order valence-corrected chi connectivity index (χ0v) is 10.6. The first-order valence-electron chi connectivity index (χ1n) is 5.79. The molecule has 0 amide bonds. The van der Waals surface area contributed by atoms with E-state index < -0.39 is 0 Å². The van der Waals surface area contributed by atoms with Gasteiger partial charge in [-0.15, -0.1) is 0 Å². The van der Waals surface area contributed by atoms with Crippen molar-refractivity contribution >= 4 is 18.2 Å². The zero-order chi connectivity index (χ0) is 11.5. The van der Waals surface area contributed by atoms with Crippen LogP contribution in [0.15, 0.2) is 48.1 Å². The highest BCUT2D eigenvalue weighted by Crippen LogP contribution is 2.40. The Hall–Kier alpha value is -0.950. The molecule has 0 aromatic heterocycles. The minimum atomic E-state index is 0.788. The molecule has 84 valence electrons. The largest absolute Gasteiger partial charge is 0.175 e. The summed E-state index contributed by atoms with van der Waals surface area (Å²) in [4.78, 5) is 0. The molecule has 0 atom stereocenters. The van der Waals surface area contributed by atoms with E-state index in [4.69, 9.17) is 0 Å². The van der Waals surface area contributed by atoms with Crippen molar-refractivity contribution < 1.29 is 0 Å². The van der Waals surface area contributed by atoms with Crippen molar-refractivity contribution in [3.63, 3.8) is 0 Å². The molecule has 16 heavy (non-hydrogen) atoms. The van der Waals surface area contributed by atoms with Gasteiger partial charge >= 0.3 is 0 Å². The van der Waals surface area contributed by atoms with Crippen LogP contribution in [0.5, 0.6) is 0 Å². The topological polar surface area (TPSA) is 0 Å². The number of rotatable bonds is 4. The lowest BCUT2D eigenvalue weighted by Gasteiger charge is -2.13. The van der Waals surface area contributed by atoms with Crippen LogP contribution in [0.1, 0.15) is 25.3 Å². The van der Waals surface area contributed by atoms with Crippen molar-refractivity contribution in [2.75, 3.05) is 5.75 Å². The maximum atomic E-state index is 4.45. The molecular weight excluding hydrogens is 212 g/mol. The van der Waals surface area contributed by atoms with Gasteiger partial charge in [-0.1, -0.05) is 42.5 Å². The molecule has 0 heterocycles. The summed E-state index contributed by atoms with van der Waals surface area (Å²) in [6.45, 7) is 6.45. The van der Waals surface area contributed by atoms with Gasteiger partial charge in [0.05, 0.1) is 0 Å². The molecule has 1 fully saturated rings. The van der Waals surface area contributed by atoms with Crippen LogP contribution in [-0.2, 0) is 0 Å². The van der Waals surface area contributed by atoms with Crippen LogP contribution in [0, 0.1) is 5.92 Å². The van der Waals surface area contributed by atoms with Crippen molar-refractivity contribution in [3.05, 3.63) is 53.6 Å². The lowest BCUT2D eigenvalue weighted by atomic mass is 9.95. The van der Waals surface area contributed by atoms with Crippen LogP contribution in [0.2, 0.25) is 0 Å². The van der Waals surface area contributed by atoms with Gasteiger partial charge in [-0.3, -0.25) is 0 Å². The van der Waals surface area contributed by atoms with Gasteiger partial charge < -0.3 is 0 Å². The van der Waals surface area contributed by atoms with E-state index in [0.29, 0.717) is 0 Å². The molecule has 0 saturated heterocycles. The van der Waals surface area contributed by atoms with E-state index in [0.717, 1.165) is 17.2 Å². The Kier molecular flexibility index (Phi) is 3.55. The summed E-state index contributed by atoms with van der Waals surface area (Å²) in [5.74, 6) is 1.58. The lowest BCUT2D eigenvalue weighted by Crippen LogP contribution is -1.96. The van der Waals surface area contributed by atoms with E-state index in [-0.39, 0.29) is 0 Å². The van der Waals surface area contributed by atoms with Crippen molar-refractivity contribution in [3.8, 4) is 0 Å². The molecule has 1 saturated carbocycles. The van der Waals surface area contributed by atoms with Gasteiger partial charge in [0.1, 0.15) is 0 Å². The first kappa shape index (κ1) is 11.5. The molecule has 1 aromatic carbocycles. The van der Waals surface area contributed by atoms with Gasteiger partial charge in [0, 0.05) is 5.75 Å². The Balaban J connectivity index is 2.29. The van der Waals surface area contributed by atoms with E-state index >= 15 is 0 Å². The summed E-state index contributed by atoms with van der Waals surface area (Å²) >= 11 is 4.45. The number of benzene rings is 1. The minimum absolute atomic E-state index is 0.788. The average molecular weight is 230 g/mol. The monoisotopic (exact) mass is 230 g/mol. The highest BCUT2D eigenvalue weighted by molar-refractivity contribution is 7.80. The van der Waals surface area contributed by atoms with Gasteiger partial charge in [0.25, 0.3) is 0 Å². The molecule has 1 aromatic rings. The fraction of sp³-hybridized carbons (Fsp3) is 0.333. The highest BCUT2D eigenvalue weighted by atomic mass is 32.1. The standard InChI is InChI=1S/C15H18S/c1-11(13-6-4-3-5-7-13)15(10-16)12(2)14-8-9-14/h3-7,14,16H,1,8-10H2,2H3/b15-12+. The lowest BCUT2D eigenvalue weighted by molar-refractivity contribution is 0.988. The van der Waals surface area contributed by atoms with Crippen LogP contribution >= 0.6 is 12.6 Å². The maximum Gasteiger partial charge on any atom is 0.0159 e. The number of hydrogen-bond acceptors (Lipinski definition) is 1. The van der Waals surface area contributed by atoms with Crippen molar-refractivity contribution in [2.24, 2.45) is 5.92 Å². The van der Waals surface area contributed by atoms with E-state index in [1.807, 2.05) is 6.07 Å². The molecular formula is C15H18S. The summed E-state index contributed by atoms with van der Waals surface area (Å²) in [7, 11) is 0. The first-order valence-corrected chi connectivity index (χ1v) is 6.42. The molecule has 0 spiro atoms. The molecule has 0 radical (unpaired) electrons. The zero-order valence-electron chi connectivity index (χ0n) is 9.74. The van der Waals surface area contributed by atoms with Crippen molar-refractivity contribution in [2.45, 2.75) is 19.8 Å². The second-order valence-corrected chi connectivity index (χ2v) is 4.75. The molecule has 2 rings (SSSR count). The molecule has 1 aliphatic rings. The van der Waals surface area contributed by atoms with Crippen LogP contribution < -0.4 is 0 Å². The summed E-state index contributed by atoms with van der Waals surface area (Å²) in [6.07, 6.45) is 2.68. The summed E-state index contributed by atoms with van der Waals surface area (Å²) in [6, 6.07) is 10.4. The third-order valence-electron chi connectivity index (χ3n) is 3.31. The van der Waals surface area contributed by atoms with Gasteiger partial charge in [-0.05, 0) is 42.4 Å². The molecule has 0 unspecified atom stereocenters. The predicted molar refractivity (Wildman–Crippen MR) is 74.8 cm³/mol. The van der Waals surface area contributed by atoms with Gasteiger partial charge in [0.15, 0.2) is 0 Å². The Bertz CT molecular complexity index is 410. The summed E-state index contributed by atoms with van der Waals surface area (Å²) < 4.78 is 0. The second-order valence-electron chi connectivity index (χ2n) is 4.44. The van der Waals surface area contributed by atoms with Gasteiger partial charge in [-0.25, -0.2) is 0 Å². The minimum Gasteiger partial charge on any atom is -0.175 e. The van der Waals surface area contributed by atoms with E-state index in [9.17, 15) is 0 Å². The highest BCUT2D eigenvalue weighted by Gasteiger charge is 2.25. The maximum absolute atomic E-state index is 4.45. The van der Waals surface area contributed by atoms with Crippen molar-refractivity contribution in [1.29, 1.82) is 0 Å². The SMILES string of the molecule is C=C(/C(CS)=C(\C)C1CC1)c1ccccc1. The van der Waals surface area contributed by atoms with Crippen LogP contribution in [-0.4, -0.2) is 5.75 Å². The number of allylic oxidation sites excluding steroid dienone is 2. The molecule has 1 heteroatoms. The smallest absolute Gasteiger partial charge is 0.0159 e. The summed E-state index contributed by atoms with van der Waals surface area (Å²) in [5, 5.41) is 0. The molecule has 0 N–H and O–H groups in total. The van der Waals surface area contributed by atoms with E-state index in [2.05, 4.69) is 50.4 Å². The van der Waals surface area contributed by atoms with Crippen molar-refractivity contribution in [1.82, 2.24) is 0 Å². The number of hydrogen-bond donors (Lipinski definition) is 1. The van der Waals surface area contributed by atoms with Crippen LogP contribution in [0.25, 0.3) is 5.57 Å².